The first-order valence-corrected chi connectivity index (χ1v) is 8.17. The van der Waals surface area contributed by atoms with Gasteiger partial charge in [0.2, 0.25) is 10.0 Å². The largest absolute Gasteiger partial charge is 0.380 e. The van der Waals surface area contributed by atoms with Gasteiger partial charge in [0.15, 0.2) is 0 Å². The smallest absolute Gasteiger partial charge is 0.264 e. The summed E-state index contributed by atoms with van der Waals surface area (Å²) in [7, 11) is -2.23. The molecule has 6 nitrogen and oxygen atoms in total. The molecule has 0 aliphatic heterocycles. The SMILES string of the molecule is COCc1cccc(C(=O)NS(=O)(=O)Cc2cccnc2)c1. The van der Waals surface area contributed by atoms with Crippen molar-refractivity contribution in [3.63, 3.8) is 0 Å². The number of ether oxygens (including phenoxy) is 1. The zero-order chi connectivity index (χ0) is 16.0. The van der Waals surface area contributed by atoms with Gasteiger partial charge in [-0.05, 0) is 29.3 Å². The lowest BCUT2D eigenvalue weighted by molar-refractivity contribution is 0.0981. The monoisotopic (exact) mass is 320 g/mol. The standard InChI is InChI=1S/C15H16N2O4S/c1-21-10-12-4-2-6-14(8-12)15(18)17-22(19,20)11-13-5-3-7-16-9-13/h2-9H,10-11H2,1H3,(H,17,18). The Hall–Kier alpha value is -2.25. The number of hydrogen-bond acceptors (Lipinski definition) is 5. The van der Waals surface area contributed by atoms with E-state index in [4.69, 9.17) is 4.74 Å². The molecule has 0 fully saturated rings. The zero-order valence-electron chi connectivity index (χ0n) is 12.0. The molecule has 0 atom stereocenters. The molecular formula is C15H16N2O4S. The number of benzene rings is 1. The Morgan fingerprint density at radius 1 is 1.23 bits per heavy atom. The lowest BCUT2D eigenvalue weighted by atomic mass is 10.1. The number of methoxy groups -OCH3 is 1. The van der Waals surface area contributed by atoms with Crippen LogP contribution in [-0.2, 0) is 27.1 Å². The van der Waals surface area contributed by atoms with Crippen LogP contribution >= 0.6 is 0 Å². The van der Waals surface area contributed by atoms with Crippen LogP contribution in [0.2, 0.25) is 0 Å². The van der Waals surface area contributed by atoms with Gasteiger partial charge in [-0.3, -0.25) is 9.78 Å². The molecule has 0 unspecified atom stereocenters. The van der Waals surface area contributed by atoms with Crippen LogP contribution in [0.4, 0.5) is 0 Å². The molecule has 2 rings (SSSR count). The summed E-state index contributed by atoms with van der Waals surface area (Å²) in [6, 6.07) is 9.89. The molecule has 22 heavy (non-hydrogen) atoms. The van der Waals surface area contributed by atoms with Gasteiger partial charge in [0.1, 0.15) is 0 Å². The number of carbonyl (C=O) groups is 1. The Bertz CT molecular complexity index is 745. The fraction of sp³-hybridized carbons (Fsp3) is 0.200. The van der Waals surface area contributed by atoms with E-state index >= 15 is 0 Å². The number of carbonyl (C=O) groups excluding carboxylic acids is 1. The van der Waals surface area contributed by atoms with Gasteiger partial charge in [-0.25, -0.2) is 13.1 Å². The summed E-state index contributed by atoms with van der Waals surface area (Å²) in [6.45, 7) is 0.351. The average Bonchev–Trinajstić information content (AvgIpc) is 2.48. The molecule has 0 aliphatic carbocycles. The van der Waals surface area contributed by atoms with Crippen LogP contribution in [0.25, 0.3) is 0 Å². The molecule has 1 N–H and O–H groups in total. The predicted octanol–water partition coefficient (Wildman–Crippen LogP) is 1.49. The molecule has 116 valence electrons. The Labute approximate surface area is 129 Å². The number of pyridine rings is 1. The second kappa shape index (κ2) is 7.15. The van der Waals surface area contributed by atoms with Crippen LogP contribution in [0, 0.1) is 0 Å². The minimum absolute atomic E-state index is 0.268. The van der Waals surface area contributed by atoms with E-state index in [0.29, 0.717) is 12.2 Å². The fourth-order valence-electron chi connectivity index (χ4n) is 1.91. The molecule has 2 aromatic rings. The van der Waals surface area contributed by atoms with Gasteiger partial charge in [0, 0.05) is 25.1 Å². The van der Waals surface area contributed by atoms with E-state index in [0.717, 1.165) is 5.56 Å². The van der Waals surface area contributed by atoms with Crippen LogP contribution in [0.5, 0.6) is 0 Å². The number of rotatable bonds is 6. The second-order valence-corrected chi connectivity index (χ2v) is 6.41. The number of sulfonamides is 1. The average molecular weight is 320 g/mol. The number of hydrogen-bond donors (Lipinski definition) is 1. The van der Waals surface area contributed by atoms with E-state index < -0.39 is 15.9 Å². The van der Waals surface area contributed by atoms with Crippen molar-refractivity contribution in [2.45, 2.75) is 12.4 Å². The first-order chi connectivity index (χ1) is 10.5. The molecule has 0 aliphatic rings. The highest BCUT2D eigenvalue weighted by atomic mass is 32.2. The highest BCUT2D eigenvalue weighted by Crippen LogP contribution is 2.08. The first-order valence-electron chi connectivity index (χ1n) is 6.52. The highest BCUT2D eigenvalue weighted by Gasteiger charge is 2.17. The summed E-state index contributed by atoms with van der Waals surface area (Å²) in [4.78, 5) is 15.9. The van der Waals surface area contributed by atoms with Crippen molar-refractivity contribution >= 4 is 15.9 Å². The Morgan fingerprint density at radius 3 is 2.68 bits per heavy atom. The third kappa shape index (κ3) is 4.64. The Kier molecular flexibility index (Phi) is 5.24. The topological polar surface area (TPSA) is 85.4 Å². The second-order valence-electron chi connectivity index (χ2n) is 4.68. The third-order valence-corrected chi connectivity index (χ3v) is 4.04. The molecule has 0 radical (unpaired) electrons. The van der Waals surface area contributed by atoms with Gasteiger partial charge in [0.05, 0.1) is 12.4 Å². The number of nitrogens with one attached hydrogen (secondary N) is 1. The van der Waals surface area contributed by atoms with Crippen molar-refractivity contribution in [1.29, 1.82) is 0 Å². The fourth-order valence-corrected chi connectivity index (χ4v) is 2.99. The Balaban J connectivity index is 2.09. The van der Waals surface area contributed by atoms with Crippen molar-refractivity contribution in [3.8, 4) is 0 Å². The number of amides is 1. The lowest BCUT2D eigenvalue weighted by Gasteiger charge is -2.08. The van der Waals surface area contributed by atoms with Crippen molar-refractivity contribution < 1.29 is 17.9 Å². The minimum Gasteiger partial charge on any atom is -0.380 e. The van der Waals surface area contributed by atoms with E-state index in [1.807, 2.05) is 0 Å². The molecule has 1 heterocycles. The molecule has 0 spiro atoms. The van der Waals surface area contributed by atoms with Crippen molar-refractivity contribution in [1.82, 2.24) is 9.71 Å². The lowest BCUT2D eigenvalue weighted by Crippen LogP contribution is -2.31. The molecule has 1 aromatic heterocycles. The summed E-state index contributed by atoms with van der Waals surface area (Å²) in [5, 5.41) is 0. The molecule has 0 saturated heterocycles. The first kappa shape index (κ1) is 16.1. The van der Waals surface area contributed by atoms with Crippen LogP contribution in [0.1, 0.15) is 21.5 Å². The molecule has 7 heteroatoms. The van der Waals surface area contributed by atoms with E-state index in [1.165, 1.54) is 6.20 Å². The van der Waals surface area contributed by atoms with Gasteiger partial charge in [-0.15, -0.1) is 0 Å². The van der Waals surface area contributed by atoms with E-state index in [1.54, 1.807) is 49.7 Å². The van der Waals surface area contributed by atoms with E-state index in [-0.39, 0.29) is 11.3 Å². The normalized spacial score (nSPS) is 11.1. The van der Waals surface area contributed by atoms with Gasteiger partial charge in [-0.2, -0.15) is 0 Å². The summed E-state index contributed by atoms with van der Waals surface area (Å²) in [6.07, 6.45) is 3.00. The van der Waals surface area contributed by atoms with E-state index in [2.05, 4.69) is 9.71 Å². The van der Waals surface area contributed by atoms with E-state index in [9.17, 15) is 13.2 Å². The number of aromatic nitrogens is 1. The van der Waals surface area contributed by atoms with Crippen LogP contribution < -0.4 is 4.72 Å². The maximum Gasteiger partial charge on any atom is 0.264 e. The molecule has 0 saturated carbocycles. The molecule has 1 aromatic carbocycles. The van der Waals surface area contributed by atoms with Crippen LogP contribution in [0.15, 0.2) is 48.8 Å². The van der Waals surface area contributed by atoms with Crippen molar-refractivity contribution in [3.05, 3.63) is 65.5 Å². The maximum absolute atomic E-state index is 12.1. The molecule has 0 bridgehead atoms. The third-order valence-electron chi connectivity index (χ3n) is 2.83. The van der Waals surface area contributed by atoms with Gasteiger partial charge >= 0.3 is 0 Å². The minimum atomic E-state index is -3.78. The van der Waals surface area contributed by atoms with Gasteiger partial charge in [0.25, 0.3) is 5.91 Å². The summed E-state index contributed by atoms with van der Waals surface area (Å²) >= 11 is 0. The number of nitrogens with zero attached hydrogens (tertiary/aromatic N) is 1. The summed E-state index contributed by atoms with van der Waals surface area (Å²) < 4.78 is 31.1. The summed E-state index contributed by atoms with van der Waals surface area (Å²) in [5.74, 6) is -0.966. The van der Waals surface area contributed by atoms with Crippen molar-refractivity contribution in [2.24, 2.45) is 0 Å². The molecule has 1 amide bonds. The highest BCUT2D eigenvalue weighted by molar-refractivity contribution is 7.89. The van der Waals surface area contributed by atoms with Crippen LogP contribution in [-0.4, -0.2) is 26.4 Å². The Morgan fingerprint density at radius 2 is 2.00 bits per heavy atom. The summed E-state index contributed by atoms with van der Waals surface area (Å²) in [5.41, 5.74) is 1.57. The van der Waals surface area contributed by atoms with Crippen molar-refractivity contribution in [2.75, 3.05) is 7.11 Å². The predicted molar refractivity (Wildman–Crippen MR) is 81.5 cm³/mol. The van der Waals surface area contributed by atoms with Gasteiger partial charge < -0.3 is 4.74 Å². The maximum atomic E-state index is 12.1. The quantitative estimate of drug-likeness (QED) is 0.871. The van der Waals surface area contributed by atoms with Crippen LogP contribution in [0.3, 0.4) is 0 Å². The van der Waals surface area contributed by atoms with Gasteiger partial charge in [-0.1, -0.05) is 18.2 Å². The molecular weight excluding hydrogens is 304 g/mol. The zero-order valence-corrected chi connectivity index (χ0v) is 12.8.